The highest BCUT2D eigenvalue weighted by molar-refractivity contribution is 5.73. The number of aryl methyl sites for hydroxylation is 4. The predicted octanol–water partition coefficient (Wildman–Crippen LogP) is 4.36. The number of benzene rings is 2. The summed E-state index contributed by atoms with van der Waals surface area (Å²) in [6.45, 7) is 8.18. The SMILES string of the molecule is Cc1cc(-c2cc(C)c(N(C)C)c(C)c2)cc(C)c1O. The van der Waals surface area contributed by atoms with Crippen LogP contribution in [0.25, 0.3) is 11.1 Å². The molecule has 2 aromatic rings. The molecule has 0 atom stereocenters. The van der Waals surface area contributed by atoms with Gasteiger partial charge >= 0.3 is 0 Å². The van der Waals surface area contributed by atoms with Crippen LogP contribution in [0, 0.1) is 27.7 Å². The van der Waals surface area contributed by atoms with Gasteiger partial charge in [0.2, 0.25) is 0 Å². The molecule has 0 aliphatic heterocycles. The Morgan fingerprint density at radius 2 is 1.05 bits per heavy atom. The molecular weight excluding hydrogens is 246 g/mol. The molecule has 0 aliphatic rings. The molecule has 0 bridgehead atoms. The van der Waals surface area contributed by atoms with Crippen molar-refractivity contribution in [2.45, 2.75) is 27.7 Å². The highest BCUT2D eigenvalue weighted by Crippen LogP contribution is 2.33. The summed E-state index contributed by atoms with van der Waals surface area (Å²) in [4.78, 5) is 2.15. The van der Waals surface area contributed by atoms with Gasteiger partial charge in [-0.2, -0.15) is 0 Å². The average molecular weight is 269 g/mol. The maximum Gasteiger partial charge on any atom is 0.121 e. The van der Waals surface area contributed by atoms with Crippen molar-refractivity contribution in [1.29, 1.82) is 0 Å². The standard InChI is InChI=1S/C18H23NO/c1-11-7-15(8-12(2)17(11)19(5)6)16-9-13(3)18(20)14(4)10-16/h7-10,20H,1-6H3. The zero-order chi connectivity index (χ0) is 15.0. The zero-order valence-electron chi connectivity index (χ0n) is 13.2. The quantitative estimate of drug-likeness (QED) is 0.875. The Morgan fingerprint density at radius 1 is 0.700 bits per heavy atom. The van der Waals surface area contributed by atoms with Crippen molar-refractivity contribution in [3.8, 4) is 16.9 Å². The number of rotatable bonds is 2. The van der Waals surface area contributed by atoms with Gasteiger partial charge < -0.3 is 10.0 Å². The van der Waals surface area contributed by atoms with Crippen LogP contribution in [0.5, 0.6) is 5.75 Å². The summed E-state index contributed by atoms with van der Waals surface area (Å²) < 4.78 is 0. The lowest BCUT2D eigenvalue weighted by atomic mass is 9.95. The first-order valence-electron chi connectivity index (χ1n) is 6.90. The molecule has 2 rings (SSSR count). The number of nitrogens with zero attached hydrogens (tertiary/aromatic N) is 1. The average Bonchev–Trinajstić information content (AvgIpc) is 2.33. The molecule has 106 valence electrons. The first kappa shape index (κ1) is 14.4. The molecule has 2 aromatic carbocycles. The Labute approximate surface area is 121 Å². The van der Waals surface area contributed by atoms with Crippen LogP contribution in [-0.4, -0.2) is 19.2 Å². The topological polar surface area (TPSA) is 23.5 Å². The summed E-state index contributed by atoms with van der Waals surface area (Å²) in [5.41, 5.74) is 8.04. The summed E-state index contributed by atoms with van der Waals surface area (Å²) in [7, 11) is 4.15. The third-order valence-corrected chi connectivity index (χ3v) is 3.76. The number of aromatic hydroxyl groups is 1. The van der Waals surface area contributed by atoms with Crippen molar-refractivity contribution in [2.24, 2.45) is 0 Å². The molecule has 0 saturated carbocycles. The highest BCUT2D eigenvalue weighted by Gasteiger charge is 2.10. The highest BCUT2D eigenvalue weighted by atomic mass is 16.3. The fourth-order valence-corrected chi connectivity index (χ4v) is 2.95. The molecule has 0 saturated heterocycles. The van der Waals surface area contributed by atoms with Gasteiger partial charge in [-0.1, -0.05) is 0 Å². The van der Waals surface area contributed by atoms with Crippen molar-refractivity contribution < 1.29 is 5.11 Å². The van der Waals surface area contributed by atoms with E-state index in [4.69, 9.17) is 0 Å². The molecule has 0 unspecified atom stereocenters. The molecule has 0 radical (unpaired) electrons. The minimum absolute atomic E-state index is 0.395. The van der Waals surface area contributed by atoms with Crippen LogP contribution in [0.15, 0.2) is 24.3 Å². The normalized spacial score (nSPS) is 10.7. The molecule has 1 N–H and O–H groups in total. The van der Waals surface area contributed by atoms with E-state index in [-0.39, 0.29) is 0 Å². The first-order valence-corrected chi connectivity index (χ1v) is 6.90. The number of hydrogen-bond acceptors (Lipinski definition) is 2. The Hall–Kier alpha value is -1.96. The fraction of sp³-hybridized carbons (Fsp3) is 0.333. The Bertz CT molecular complexity index is 610. The summed E-state index contributed by atoms with van der Waals surface area (Å²) >= 11 is 0. The number of phenols is 1. The van der Waals surface area contributed by atoms with Gasteiger partial charge in [0.05, 0.1) is 0 Å². The van der Waals surface area contributed by atoms with Gasteiger partial charge in [-0.25, -0.2) is 0 Å². The van der Waals surface area contributed by atoms with Gasteiger partial charge in [0.1, 0.15) is 5.75 Å². The van der Waals surface area contributed by atoms with Crippen LogP contribution < -0.4 is 4.90 Å². The predicted molar refractivity (Wildman–Crippen MR) is 86.8 cm³/mol. The van der Waals surface area contributed by atoms with E-state index < -0.39 is 0 Å². The molecule has 2 nitrogen and oxygen atoms in total. The monoisotopic (exact) mass is 269 g/mol. The molecule has 20 heavy (non-hydrogen) atoms. The molecule has 2 heteroatoms. The lowest BCUT2D eigenvalue weighted by Crippen LogP contribution is -2.12. The molecular formula is C18H23NO. The van der Waals surface area contributed by atoms with Gasteiger partial charge in [-0.3, -0.25) is 0 Å². The summed E-state index contributed by atoms with van der Waals surface area (Å²) in [6, 6.07) is 8.53. The van der Waals surface area contributed by atoms with Gasteiger partial charge in [0.15, 0.2) is 0 Å². The third-order valence-electron chi connectivity index (χ3n) is 3.76. The van der Waals surface area contributed by atoms with E-state index in [1.54, 1.807) is 0 Å². The smallest absolute Gasteiger partial charge is 0.121 e. The van der Waals surface area contributed by atoms with Crippen LogP contribution in [0.2, 0.25) is 0 Å². The summed E-state index contributed by atoms with van der Waals surface area (Å²) in [5.74, 6) is 0.395. The van der Waals surface area contributed by atoms with Crippen LogP contribution in [0.4, 0.5) is 5.69 Å². The van der Waals surface area contributed by atoms with Crippen LogP contribution in [0.3, 0.4) is 0 Å². The Kier molecular flexibility index (Phi) is 3.76. The second kappa shape index (κ2) is 5.20. The molecule has 0 amide bonds. The van der Waals surface area contributed by atoms with E-state index in [1.165, 1.54) is 22.4 Å². The van der Waals surface area contributed by atoms with E-state index in [2.05, 4.69) is 45.0 Å². The van der Waals surface area contributed by atoms with Crippen LogP contribution in [-0.2, 0) is 0 Å². The van der Waals surface area contributed by atoms with Gasteiger partial charge in [0, 0.05) is 19.8 Å². The summed E-state index contributed by atoms with van der Waals surface area (Å²) in [5, 5.41) is 9.90. The zero-order valence-corrected chi connectivity index (χ0v) is 13.2. The number of anilines is 1. The second-order valence-electron chi connectivity index (χ2n) is 5.81. The lowest BCUT2D eigenvalue weighted by Gasteiger charge is -2.20. The second-order valence-corrected chi connectivity index (χ2v) is 5.81. The van der Waals surface area contributed by atoms with Crippen molar-refractivity contribution in [2.75, 3.05) is 19.0 Å². The van der Waals surface area contributed by atoms with Gasteiger partial charge in [-0.15, -0.1) is 0 Å². The van der Waals surface area contributed by atoms with Gasteiger partial charge in [-0.05, 0) is 85.3 Å². The van der Waals surface area contributed by atoms with Crippen molar-refractivity contribution in [1.82, 2.24) is 0 Å². The molecule has 0 heterocycles. The Morgan fingerprint density at radius 3 is 1.40 bits per heavy atom. The molecule has 0 aromatic heterocycles. The minimum Gasteiger partial charge on any atom is -0.507 e. The Balaban J connectivity index is 2.60. The van der Waals surface area contributed by atoms with Crippen molar-refractivity contribution in [3.63, 3.8) is 0 Å². The lowest BCUT2D eigenvalue weighted by molar-refractivity contribution is 0.467. The first-order chi connectivity index (χ1) is 9.31. The minimum atomic E-state index is 0.395. The fourth-order valence-electron chi connectivity index (χ4n) is 2.95. The van der Waals surface area contributed by atoms with E-state index in [0.717, 1.165) is 16.7 Å². The summed E-state index contributed by atoms with van der Waals surface area (Å²) in [6.07, 6.45) is 0. The van der Waals surface area contributed by atoms with E-state index in [9.17, 15) is 5.11 Å². The van der Waals surface area contributed by atoms with Crippen molar-refractivity contribution in [3.05, 3.63) is 46.5 Å². The van der Waals surface area contributed by atoms with Crippen LogP contribution in [0.1, 0.15) is 22.3 Å². The largest absolute Gasteiger partial charge is 0.507 e. The van der Waals surface area contributed by atoms with E-state index in [1.807, 2.05) is 26.0 Å². The van der Waals surface area contributed by atoms with Crippen molar-refractivity contribution >= 4 is 5.69 Å². The number of hydrogen-bond donors (Lipinski definition) is 1. The molecule has 0 fully saturated rings. The van der Waals surface area contributed by atoms with Crippen LogP contribution >= 0.6 is 0 Å². The number of phenolic OH excluding ortho intramolecular Hbond substituents is 1. The molecule has 0 spiro atoms. The maximum absolute atomic E-state index is 9.90. The van der Waals surface area contributed by atoms with Gasteiger partial charge in [0.25, 0.3) is 0 Å². The third kappa shape index (κ3) is 2.51. The maximum atomic E-state index is 9.90. The van der Waals surface area contributed by atoms with E-state index in [0.29, 0.717) is 5.75 Å². The van der Waals surface area contributed by atoms with E-state index >= 15 is 0 Å². The molecule has 0 aliphatic carbocycles.